The van der Waals surface area contributed by atoms with Crippen LogP contribution in [0.15, 0.2) is 218 Å². The lowest BCUT2D eigenvalue weighted by atomic mass is 9.91. The van der Waals surface area contributed by atoms with Crippen molar-refractivity contribution in [2.75, 3.05) is 4.90 Å². The van der Waals surface area contributed by atoms with E-state index in [2.05, 4.69) is 149 Å². The van der Waals surface area contributed by atoms with Gasteiger partial charge in [-0.3, -0.25) is 0 Å². The molecule has 9 aromatic carbocycles. The first-order chi connectivity index (χ1) is 31.2. The maximum Gasteiger partial charge on any atom is 0.164 e. The number of para-hydroxylation sites is 3. The van der Waals surface area contributed by atoms with Gasteiger partial charge in [0.2, 0.25) is 0 Å². The van der Waals surface area contributed by atoms with E-state index in [1.165, 1.54) is 21.8 Å². The lowest BCUT2D eigenvalue weighted by Gasteiger charge is -2.28. The van der Waals surface area contributed by atoms with Gasteiger partial charge in [-0.15, -0.1) is 0 Å². The third kappa shape index (κ3) is 6.29. The molecule has 0 unspecified atom stereocenters. The highest BCUT2D eigenvalue weighted by atomic mass is 35.5. The van der Waals surface area contributed by atoms with Gasteiger partial charge in [0, 0.05) is 44.3 Å². The SMILES string of the molecule is Clc1ccccc1N1c2ccc(-c3ccc4c(c3)c3ccccc3n4-c3ccccc3)cc2-c2ccccc2-c2cc(-c3nc(-c4ccccc4)nc(-c4ccccc4)n3)ccc21. The minimum atomic E-state index is 0.598. The summed E-state index contributed by atoms with van der Waals surface area (Å²) in [6.07, 6.45) is 0. The second-order valence-corrected chi connectivity index (χ2v) is 16.2. The topological polar surface area (TPSA) is 46.8 Å². The van der Waals surface area contributed by atoms with Gasteiger partial charge in [-0.25, -0.2) is 15.0 Å². The van der Waals surface area contributed by atoms with E-state index in [4.69, 9.17) is 26.6 Å². The van der Waals surface area contributed by atoms with Gasteiger partial charge in [0.1, 0.15) is 0 Å². The maximum absolute atomic E-state index is 7.14. The second kappa shape index (κ2) is 15.1. The molecule has 63 heavy (non-hydrogen) atoms. The van der Waals surface area contributed by atoms with E-state index < -0.39 is 0 Å². The second-order valence-electron chi connectivity index (χ2n) is 15.8. The first-order valence-corrected chi connectivity index (χ1v) is 21.4. The molecule has 6 heteroatoms. The third-order valence-corrected chi connectivity index (χ3v) is 12.4. The van der Waals surface area contributed by atoms with Crippen LogP contribution in [0, 0.1) is 0 Å². The molecule has 0 amide bonds. The first-order valence-electron chi connectivity index (χ1n) is 21.1. The monoisotopic (exact) mass is 825 g/mol. The van der Waals surface area contributed by atoms with Gasteiger partial charge in [0.25, 0.3) is 0 Å². The summed E-state index contributed by atoms with van der Waals surface area (Å²) < 4.78 is 2.36. The predicted octanol–water partition coefficient (Wildman–Crippen LogP) is 15.4. The molecule has 0 aliphatic carbocycles. The van der Waals surface area contributed by atoms with E-state index in [1.807, 2.05) is 78.9 Å². The number of fused-ring (bicyclic) bond motifs is 8. The van der Waals surface area contributed by atoms with Crippen LogP contribution in [0.1, 0.15) is 0 Å². The lowest BCUT2D eigenvalue weighted by molar-refractivity contribution is 1.07. The van der Waals surface area contributed by atoms with Gasteiger partial charge in [0.15, 0.2) is 17.5 Å². The van der Waals surface area contributed by atoms with Crippen molar-refractivity contribution < 1.29 is 0 Å². The Bertz CT molecular complexity index is 3470. The highest BCUT2D eigenvalue weighted by Gasteiger charge is 2.28. The summed E-state index contributed by atoms with van der Waals surface area (Å²) in [7, 11) is 0. The standard InChI is InChI=1S/C57H36ClN5/c58-49-25-13-15-27-54(49)63-52-32-29-39(40-28-31-51-48(35-40)45-24-12-14-26-50(45)62(51)42-20-8-3-9-21-42)34-46(52)43-22-10-11-23-44(43)47-36-41(30-33-53(47)63)57-60-55(37-16-4-1-5-17-37)59-56(61-57)38-18-6-2-7-19-38/h1-36H. The van der Waals surface area contributed by atoms with Gasteiger partial charge in [0.05, 0.1) is 33.1 Å². The number of anilines is 3. The predicted molar refractivity (Wildman–Crippen MR) is 260 cm³/mol. The van der Waals surface area contributed by atoms with E-state index >= 15 is 0 Å². The molecular weight excluding hydrogens is 790 g/mol. The van der Waals surface area contributed by atoms with Crippen LogP contribution in [-0.2, 0) is 0 Å². The van der Waals surface area contributed by atoms with Crippen molar-refractivity contribution in [2.24, 2.45) is 0 Å². The van der Waals surface area contributed by atoms with Crippen molar-refractivity contribution in [1.29, 1.82) is 0 Å². The van der Waals surface area contributed by atoms with Gasteiger partial charge in [-0.05, 0) is 95.1 Å². The fraction of sp³-hybridized carbons (Fsp3) is 0. The molecule has 0 saturated carbocycles. The molecule has 0 saturated heterocycles. The van der Waals surface area contributed by atoms with Crippen molar-refractivity contribution in [3.05, 3.63) is 223 Å². The third-order valence-electron chi connectivity index (χ3n) is 12.1. The van der Waals surface area contributed by atoms with Crippen LogP contribution in [0.4, 0.5) is 17.1 Å². The minimum absolute atomic E-state index is 0.598. The zero-order valence-corrected chi connectivity index (χ0v) is 34.7. The summed E-state index contributed by atoms with van der Waals surface area (Å²) >= 11 is 7.14. The molecule has 0 radical (unpaired) electrons. The molecule has 11 aromatic rings. The number of benzene rings is 9. The number of hydrogen-bond acceptors (Lipinski definition) is 4. The Morgan fingerprint density at radius 2 is 0.794 bits per heavy atom. The van der Waals surface area contributed by atoms with Crippen molar-refractivity contribution in [3.8, 4) is 73.2 Å². The number of rotatable bonds is 6. The summed E-state index contributed by atoms with van der Waals surface area (Å²) in [4.78, 5) is 17.5. The van der Waals surface area contributed by atoms with E-state index in [9.17, 15) is 0 Å². The molecular formula is C57H36ClN5. The molecule has 0 N–H and O–H groups in total. The zero-order chi connectivity index (χ0) is 41.9. The smallest absolute Gasteiger partial charge is 0.164 e. The van der Waals surface area contributed by atoms with E-state index in [0.29, 0.717) is 22.5 Å². The zero-order valence-electron chi connectivity index (χ0n) is 33.9. The van der Waals surface area contributed by atoms with E-state index in [0.717, 1.165) is 72.8 Å². The molecule has 0 spiro atoms. The van der Waals surface area contributed by atoms with Crippen molar-refractivity contribution >= 4 is 50.5 Å². The normalized spacial score (nSPS) is 11.9. The summed E-state index contributed by atoms with van der Waals surface area (Å²) in [5, 5.41) is 3.09. The van der Waals surface area contributed by atoms with Crippen LogP contribution in [0.2, 0.25) is 5.02 Å². The van der Waals surface area contributed by atoms with Gasteiger partial charge in [-0.1, -0.05) is 157 Å². The number of hydrogen-bond donors (Lipinski definition) is 0. The number of halogens is 1. The Kier molecular flexibility index (Phi) is 8.80. The Labute approximate surface area is 369 Å². The molecule has 3 heterocycles. The average molecular weight is 826 g/mol. The van der Waals surface area contributed by atoms with Crippen molar-refractivity contribution in [3.63, 3.8) is 0 Å². The molecule has 12 rings (SSSR count). The first kappa shape index (κ1) is 36.7. The van der Waals surface area contributed by atoms with Gasteiger partial charge in [-0.2, -0.15) is 0 Å². The number of aromatic nitrogens is 4. The molecule has 0 bridgehead atoms. The van der Waals surface area contributed by atoms with E-state index in [1.54, 1.807) is 0 Å². The van der Waals surface area contributed by atoms with Gasteiger partial charge >= 0.3 is 0 Å². The molecule has 0 fully saturated rings. The largest absolute Gasteiger partial charge is 0.309 e. The fourth-order valence-corrected chi connectivity index (χ4v) is 9.35. The van der Waals surface area contributed by atoms with Crippen LogP contribution >= 0.6 is 11.6 Å². The summed E-state index contributed by atoms with van der Waals surface area (Å²) in [5.74, 6) is 1.84. The quantitative estimate of drug-likeness (QED) is 0.168. The van der Waals surface area contributed by atoms with Crippen LogP contribution < -0.4 is 4.90 Å². The molecule has 0 atom stereocenters. The molecule has 1 aliphatic rings. The van der Waals surface area contributed by atoms with Crippen LogP contribution in [0.25, 0.3) is 95.0 Å². The van der Waals surface area contributed by atoms with Crippen molar-refractivity contribution in [1.82, 2.24) is 19.5 Å². The maximum atomic E-state index is 7.14. The fourth-order valence-electron chi connectivity index (χ4n) is 9.13. The minimum Gasteiger partial charge on any atom is -0.309 e. The van der Waals surface area contributed by atoms with Crippen LogP contribution in [0.5, 0.6) is 0 Å². The molecule has 1 aliphatic heterocycles. The van der Waals surface area contributed by atoms with Gasteiger partial charge < -0.3 is 9.47 Å². The molecule has 296 valence electrons. The van der Waals surface area contributed by atoms with Crippen LogP contribution in [0.3, 0.4) is 0 Å². The number of nitrogens with zero attached hydrogens (tertiary/aromatic N) is 5. The highest BCUT2D eigenvalue weighted by Crippen LogP contribution is 2.53. The summed E-state index contributed by atoms with van der Waals surface area (Å²) in [6, 6.07) is 76.4. The Morgan fingerprint density at radius 3 is 1.44 bits per heavy atom. The Morgan fingerprint density at radius 1 is 0.317 bits per heavy atom. The molecule has 2 aromatic heterocycles. The van der Waals surface area contributed by atoms with E-state index in [-0.39, 0.29) is 0 Å². The van der Waals surface area contributed by atoms with Crippen molar-refractivity contribution in [2.45, 2.75) is 0 Å². The lowest BCUT2D eigenvalue weighted by Crippen LogP contribution is -2.11. The Balaban J connectivity index is 1.05. The molecule has 5 nitrogen and oxygen atoms in total. The Hall–Kier alpha value is -8.12. The highest BCUT2D eigenvalue weighted by molar-refractivity contribution is 6.33. The average Bonchev–Trinajstić information content (AvgIpc) is 3.63. The summed E-state index contributed by atoms with van der Waals surface area (Å²) in [5.41, 5.74) is 15.8. The van der Waals surface area contributed by atoms with Crippen LogP contribution in [-0.4, -0.2) is 19.5 Å². The summed E-state index contributed by atoms with van der Waals surface area (Å²) in [6.45, 7) is 0.